The SMILES string of the molecule is CCC(C(=O)O)N(C)C(=O)N(C)CC1CC(O)C1. The number of hydrogen-bond acceptors (Lipinski definition) is 3. The third kappa shape index (κ3) is 3.35. The molecule has 1 atom stereocenters. The van der Waals surface area contributed by atoms with Gasteiger partial charge in [-0.05, 0) is 25.2 Å². The summed E-state index contributed by atoms with van der Waals surface area (Å²) in [6, 6.07) is -1.07. The van der Waals surface area contributed by atoms with E-state index in [-0.39, 0.29) is 12.1 Å². The van der Waals surface area contributed by atoms with E-state index in [4.69, 9.17) is 5.11 Å². The van der Waals surface area contributed by atoms with Crippen molar-refractivity contribution in [3.63, 3.8) is 0 Å². The number of carbonyl (C=O) groups excluding carboxylic acids is 1. The van der Waals surface area contributed by atoms with Gasteiger partial charge < -0.3 is 20.0 Å². The minimum atomic E-state index is -0.985. The van der Waals surface area contributed by atoms with Crippen molar-refractivity contribution in [2.24, 2.45) is 5.92 Å². The molecule has 1 aliphatic rings. The van der Waals surface area contributed by atoms with Gasteiger partial charge in [-0.3, -0.25) is 0 Å². The summed E-state index contributed by atoms with van der Waals surface area (Å²) in [7, 11) is 3.18. The highest BCUT2D eigenvalue weighted by Gasteiger charge is 2.31. The zero-order valence-electron chi connectivity index (χ0n) is 11.2. The van der Waals surface area contributed by atoms with Gasteiger partial charge in [0.15, 0.2) is 0 Å². The molecule has 6 heteroatoms. The van der Waals surface area contributed by atoms with Gasteiger partial charge in [0, 0.05) is 20.6 Å². The zero-order valence-corrected chi connectivity index (χ0v) is 11.2. The molecule has 0 aromatic rings. The van der Waals surface area contributed by atoms with Crippen LogP contribution in [0.25, 0.3) is 0 Å². The molecule has 0 saturated heterocycles. The monoisotopic (exact) mass is 258 g/mol. The fraction of sp³-hybridized carbons (Fsp3) is 0.833. The van der Waals surface area contributed by atoms with E-state index in [1.54, 1.807) is 14.0 Å². The maximum Gasteiger partial charge on any atom is 0.326 e. The molecule has 0 radical (unpaired) electrons. The van der Waals surface area contributed by atoms with Crippen molar-refractivity contribution >= 4 is 12.0 Å². The van der Waals surface area contributed by atoms with E-state index in [0.29, 0.717) is 18.9 Å². The molecule has 1 unspecified atom stereocenters. The number of aliphatic hydroxyl groups excluding tert-OH is 1. The van der Waals surface area contributed by atoms with Gasteiger partial charge in [-0.25, -0.2) is 9.59 Å². The first-order chi connectivity index (χ1) is 8.36. The Hall–Kier alpha value is -1.30. The molecule has 1 saturated carbocycles. The van der Waals surface area contributed by atoms with Crippen molar-refractivity contribution in [2.45, 2.75) is 38.3 Å². The zero-order chi connectivity index (χ0) is 13.9. The standard InChI is InChI=1S/C12H22N2O4/c1-4-10(11(16)17)14(3)12(18)13(2)7-8-5-9(15)6-8/h8-10,15H,4-7H2,1-3H3,(H,16,17). The summed E-state index contributed by atoms with van der Waals surface area (Å²) in [6.45, 7) is 2.31. The number of aliphatic hydroxyl groups is 1. The lowest BCUT2D eigenvalue weighted by molar-refractivity contribution is -0.142. The van der Waals surface area contributed by atoms with E-state index >= 15 is 0 Å². The molecule has 2 amide bonds. The molecule has 6 nitrogen and oxygen atoms in total. The second-order valence-corrected chi connectivity index (χ2v) is 5.03. The number of aliphatic carboxylic acids is 1. The van der Waals surface area contributed by atoms with Crippen molar-refractivity contribution in [3.8, 4) is 0 Å². The highest BCUT2D eigenvalue weighted by molar-refractivity contribution is 5.82. The van der Waals surface area contributed by atoms with Crippen LogP contribution in [0.1, 0.15) is 26.2 Å². The summed E-state index contributed by atoms with van der Waals surface area (Å²) < 4.78 is 0. The lowest BCUT2D eigenvalue weighted by Crippen LogP contribution is -2.49. The van der Waals surface area contributed by atoms with Crippen LogP contribution in [0.15, 0.2) is 0 Å². The Labute approximate surface area is 107 Å². The Morgan fingerprint density at radius 3 is 2.28 bits per heavy atom. The number of carbonyl (C=O) groups is 2. The summed E-state index contributed by atoms with van der Waals surface area (Å²) in [5.74, 6) is -0.659. The number of carboxylic acid groups (broad SMARTS) is 1. The molecular weight excluding hydrogens is 236 g/mol. The van der Waals surface area contributed by atoms with Crippen molar-refractivity contribution < 1.29 is 19.8 Å². The minimum Gasteiger partial charge on any atom is -0.480 e. The van der Waals surface area contributed by atoms with E-state index in [2.05, 4.69) is 0 Å². The summed E-state index contributed by atoms with van der Waals surface area (Å²) in [6.07, 6.45) is 1.58. The highest BCUT2D eigenvalue weighted by atomic mass is 16.4. The average molecular weight is 258 g/mol. The van der Waals surface area contributed by atoms with Crippen LogP contribution in [0, 0.1) is 5.92 Å². The molecule has 0 aromatic heterocycles. The van der Waals surface area contributed by atoms with Gasteiger partial charge >= 0.3 is 12.0 Å². The number of urea groups is 1. The predicted octanol–water partition coefficient (Wildman–Crippen LogP) is 0.604. The van der Waals surface area contributed by atoms with Gasteiger partial charge in [-0.15, -0.1) is 0 Å². The fourth-order valence-corrected chi connectivity index (χ4v) is 2.33. The summed E-state index contributed by atoms with van der Waals surface area (Å²) in [4.78, 5) is 25.8. The maximum atomic E-state index is 12.0. The second kappa shape index (κ2) is 6.04. The van der Waals surface area contributed by atoms with Gasteiger partial charge in [0.05, 0.1) is 6.10 Å². The average Bonchev–Trinajstić information content (AvgIpc) is 2.26. The minimum absolute atomic E-state index is 0.237. The molecule has 0 bridgehead atoms. The third-order valence-corrected chi connectivity index (χ3v) is 3.51. The van der Waals surface area contributed by atoms with Crippen LogP contribution >= 0.6 is 0 Å². The van der Waals surface area contributed by atoms with Gasteiger partial charge in [0.2, 0.25) is 0 Å². The van der Waals surface area contributed by atoms with E-state index < -0.39 is 12.0 Å². The second-order valence-electron chi connectivity index (χ2n) is 5.03. The molecule has 0 spiro atoms. The number of hydrogen-bond donors (Lipinski definition) is 2. The molecule has 104 valence electrons. The number of amides is 2. The van der Waals surface area contributed by atoms with Crippen LogP contribution < -0.4 is 0 Å². The lowest BCUT2D eigenvalue weighted by atomic mass is 9.82. The molecule has 0 aliphatic heterocycles. The molecule has 0 aromatic carbocycles. The first-order valence-corrected chi connectivity index (χ1v) is 6.25. The van der Waals surface area contributed by atoms with Crippen LogP contribution in [0.3, 0.4) is 0 Å². The summed E-state index contributed by atoms with van der Waals surface area (Å²) >= 11 is 0. The van der Waals surface area contributed by atoms with Crippen molar-refractivity contribution in [1.29, 1.82) is 0 Å². The van der Waals surface area contributed by atoms with Crippen LogP contribution in [-0.2, 0) is 4.79 Å². The Balaban J connectivity index is 2.49. The van der Waals surface area contributed by atoms with E-state index in [1.165, 1.54) is 16.8 Å². The van der Waals surface area contributed by atoms with Gasteiger partial charge in [0.1, 0.15) is 6.04 Å². The number of carboxylic acids is 1. The maximum absolute atomic E-state index is 12.0. The van der Waals surface area contributed by atoms with Gasteiger partial charge in [0.25, 0.3) is 0 Å². The summed E-state index contributed by atoms with van der Waals surface area (Å²) in [5, 5.41) is 18.2. The van der Waals surface area contributed by atoms with E-state index in [9.17, 15) is 14.7 Å². The predicted molar refractivity (Wildman–Crippen MR) is 66.2 cm³/mol. The lowest BCUT2D eigenvalue weighted by Gasteiger charge is -2.36. The third-order valence-electron chi connectivity index (χ3n) is 3.51. The number of likely N-dealkylation sites (N-methyl/N-ethyl adjacent to an activating group) is 1. The Kier molecular flexibility index (Phi) is 4.95. The number of nitrogens with zero attached hydrogens (tertiary/aromatic N) is 2. The van der Waals surface area contributed by atoms with Crippen LogP contribution in [0.5, 0.6) is 0 Å². The van der Waals surface area contributed by atoms with E-state index in [1.807, 2.05) is 0 Å². The highest BCUT2D eigenvalue weighted by Crippen LogP contribution is 2.27. The number of rotatable bonds is 5. The van der Waals surface area contributed by atoms with Crippen LogP contribution in [-0.4, -0.2) is 64.8 Å². The topological polar surface area (TPSA) is 81.1 Å². The van der Waals surface area contributed by atoms with Crippen molar-refractivity contribution in [3.05, 3.63) is 0 Å². The quantitative estimate of drug-likeness (QED) is 0.757. The Morgan fingerprint density at radius 1 is 1.33 bits per heavy atom. The Morgan fingerprint density at radius 2 is 1.89 bits per heavy atom. The Bertz CT molecular complexity index is 315. The van der Waals surface area contributed by atoms with Gasteiger partial charge in [-0.1, -0.05) is 6.92 Å². The first-order valence-electron chi connectivity index (χ1n) is 6.25. The van der Waals surface area contributed by atoms with Crippen molar-refractivity contribution in [1.82, 2.24) is 9.80 Å². The van der Waals surface area contributed by atoms with E-state index in [0.717, 1.165) is 12.8 Å². The molecule has 2 N–H and O–H groups in total. The molecule has 1 rings (SSSR count). The first kappa shape index (κ1) is 14.8. The molecule has 18 heavy (non-hydrogen) atoms. The van der Waals surface area contributed by atoms with Crippen LogP contribution in [0.2, 0.25) is 0 Å². The molecule has 0 heterocycles. The van der Waals surface area contributed by atoms with Crippen LogP contribution in [0.4, 0.5) is 4.79 Å². The largest absolute Gasteiger partial charge is 0.480 e. The molecular formula is C12H22N2O4. The smallest absolute Gasteiger partial charge is 0.326 e. The normalized spacial score (nSPS) is 24.0. The van der Waals surface area contributed by atoms with Crippen molar-refractivity contribution in [2.75, 3.05) is 20.6 Å². The summed E-state index contributed by atoms with van der Waals surface area (Å²) in [5.41, 5.74) is 0. The van der Waals surface area contributed by atoms with Gasteiger partial charge in [-0.2, -0.15) is 0 Å². The molecule has 1 fully saturated rings. The molecule has 1 aliphatic carbocycles. The fourth-order valence-electron chi connectivity index (χ4n) is 2.33.